The van der Waals surface area contributed by atoms with E-state index in [-0.39, 0.29) is 52.7 Å². The Morgan fingerprint density at radius 2 is 1.27 bits per heavy atom. The van der Waals surface area contributed by atoms with Gasteiger partial charge in [0.05, 0.1) is 20.1 Å². The fourth-order valence-electron chi connectivity index (χ4n) is 12.0. The van der Waals surface area contributed by atoms with Crippen LogP contribution in [-0.2, 0) is 25.5 Å². The number of carbonyl (C=O) groups excluding carboxylic acids is 3. The van der Waals surface area contributed by atoms with Crippen LogP contribution in [0.15, 0.2) is 84.6 Å². The second-order valence-electron chi connectivity index (χ2n) is 16.5. The highest BCUT2D eigenvalue weighted by molar-refractivity contribution is 14.1. The molecule has 4 aromatic rings. The van der Waals surface area contributed by atoms with Crippen LogP contribution >= 0.6 is 45.2 Å². The number of anilines is 2. The maximum absolute atomic E-state index is 15.7. The van der Waals surface area contributed by atoms with E-state index in [2.05, 4.69) is 65.6 Å². The Morgan fingerprint density at radius 1 is 0.746 bits per heavy atom. The van der Waals surface area contributed by atoms with Gasteiger partial charge in [-0.05, 0) is 156 Å². The van der Waals surface area contributed by atoms with E-state index in [0.717, 1.165) is 43.1 Å². The number of amides is 2. The molecule has 14 heteroatoms. The van der Waals surface area contributed by atoms with E-state index in [1.165, 1.54) is 20.3 Å². The SMILES string of the molecule is COc1cc([C@@H]2[C@H]3CCCN3[C@]3(C(=O)Nc4ccc(I)cc43)[C@H]2C(=O)/C=C(\O)[C@@H]2[C@@H]3CCCN3[C@@]3(C(=O)Nc4ccc(I)cc43)[C@H]2c2ccc(O)c(OC)c2)ccc1O. The summed E-state index contributed by atoms with van der Waals surface area (Å²) in [5.74, 6) is -3.62. The summed E-state index contributed by atoms with van der Waals surface area (Å²) in [5, 5.41) is 40.5. The highest BCUT2D eigenvalue weighted by Crippen LogP contribution is 2.64. The second kappa shape index (κ2) is 14.1. The number of hydrogen-bond donors (Lipinski definition) is 5. The number of hydrogen-bond acceptors (Lipinski definition) is 10. The number of aliphatic hydroxyl groups excluding tert-OH is 1. The molecule has 8 atom stereocenters. The van der Waals surface area contributed by atoms with Crippen molar-refractivity contribution in [3.05, 3.63) is 114 Å². The van der Waals surface area contributed by atoms with Crippen LogP contribution in [0, 0.1) is 19.0 Å². The maximum atomic E-state index is 15.7. The monoisotopic (exact) mass is 1020 g/mol. The van der Waals surface area contributed by atoms with Crippen LogP contribution in [0.3, 0.4) is 0 Å². The number of ether oxygens (including phenoxy) is 2. The Hall–Kier alpha value is -4.39. The molecule has 0 unspecified atom stereocenters. The van der Waals surface area contributed by atoms with Crippen LogP contribution < -0.4 is 20.1 Å². The maximum Gasteiger partial charge on any atom is 0.250 e. The van der Waals surface area contributed by atoms with Crippen LogP contribution in [0.1, 0.15) is 59.8 Å². The second-order valence-corrected chi connectivity index (χ2v) is 19.0. The fourth-order valence-corrected chi connectivity index (χ4v) is 13.0. The molecule has 304 valence electrons. The molecule has 0 aromatic heterocycles. The number of ketones is 1. The number of benzene rings is 4. The summed E-state index contributed by atoms with van der Waals surface area (Å²) in [7, 11) is 2.95. The minimum atomic E-state index is -1.39. The Balaban J connectivity index is 1.18. The van der Waals surface area contributed by atoms with Crippen LogP contribution in [0.2, 0.25) is 0 Å². The summed E-state index contributed by atoms with van der Waals surface area (Å²) in [6, 6.07) is 21.3. The lowest BCUT2D eigenvalue weighted by Gasteiger charge is -2.38. The summed E-state index contributed by atoms with van der Waals surface area (Å²) < 4.78 is 13.0. The molecule has 10 rings (SSSR count). The lowest BCUT2D eigenvalue weighted by Crippen LogP contribution is -2.52. The van der Waals surface area contributed by atoms with Crippen LogP contribution in [0.5, 0.6) is 23.0 Å². The minimum absolute atomic E-state index is 0.0356. The number of halogens is 2. The summed E-state index contributed by atoms with van der Waals surface area (Å²) in [6.45, 7) is 1.18. The number of nitrogens with one attached hydrogen (secondary N) is 2. The number of aromatic hydroxyl groups is 2. The Kier molecular flexibility index (Phi) is 9.27. The third-order valence-corrected chi connectivity index (χ3v) is 15.4. The van der Waals surface area contributed by atoms with Crippen molar-refractivity contribution in [2.45, 2.75) is 60.7 Å². The molecule has 5 N–H and O–H groups in total. The van der Waals surface area contributed by atoms with Gasteiger partial charge in [0.25, 0.3) is 0 Å². The third-order valence-electron chi connectivity index (χ3n) is 14.0. The van der Waals surface area contributed by atoms with E-state index in [1.807, 2.05) is 36.4 Å². The van der Waals surface area contributed by atoms with Crippen LogP contribution in [-0.4, -0.2) is 82.1 Å². The molecule has 0 radical (unpaired) electrons. The predicted octanol–water partition coefficient (Wildman–Crippen LogP) is 7.09. The summed E-state index contributed by atoms with van der Waals surface area (Å²) in [4.78, 5) is 49.6. The van der Waals surface area contributed by atoms with Gasteiger partial charge in [0.1, 0.15) is 16.8 Å². The smallest absolute Gasteiger partial charge is 0.250 e. The van der Waals surface area contributed by atoms with E-state index >= 15 is 4.79 Å². The molecule has 4 aromatic carbocycles. The highest BCUT2D eigenvalue weighted by atomic mass is 127. The molecule has 59 heavy (non-hydrogen) atoms. The molecule has 0 bridgehead atoms. The molecule has 0 saturated carbocycles. The zero-order valence-electron chi connectivity index (χ0n) is 32.2. The molecule has 6 aliphatic heterocycles. The number of phenolic OH excluding ortho intramolecular Hbond substituents is 2. The predicted molar refractivity (Wildman–Crippen MR) is 236 cm³/mol. The number of rotatable bonds is 7. The normalized spacial score (nSPS) is 30.7. The van der Waals surface area contributed by atoms with Crippen molar-refractivity contribution in [3.63, 3.8) is 0 Å². The van der Waals surface area contributed by atoms with Gasteiger partial charge in [-0.3, -0.25) is 24.2 Å². The van der Waals surface area contributed by atoms with Crippen molar-refractivity contribution in [2.24, 2.45) is 11.8 Å². The van der Waals surface area contributed by atoms with Gasteiger partial charge in [-0.2, -0.15) is 0 Å². The number of aliphatic hydroxyl groups is 1. The molecule has 6 aliphatic rings. The Morgan fingerprint density at radius 3 is 1.88 bits per heavy atom. The molecule has 12 nitrogen and oxygen atoms in total. The Bertz CT molecular complexity index is 2510. The molecule has 2 spiro atoms. The largest absolute Gasteiger partial charge is 0.512 e. The van der Waals surface area contributed by atoms with Gasteiger partial charge in [0.15, 0.2) is 28.8 Å². The molecule has 4 saturated heterocycles. The third kappa shape index (κ3) is 5.33. The molecule has 6 heterocycles. The number of nitrogens with zero attached hydrogens (tertiary/aromatic N) is 2. The van der Waals surface area contributed by atoms with Gasteiger partial charge in [0, 0.05) is 65.6 Å². The summed E-state index contributed by atoms with van der Waals surface area (Å²) >= 11 is 4.49. The van der Waals surface area contributed by atoms with Crippen LogP contribution in [0.25, 0.3) is 0 Å². The standard InChI is InChI=1S/C45H42I2N4O8/c1-58-36-17-22(7-13-32(36)52)38-30-5-3-15-50(30)45(27-20-25(47)10-12-29(27)49-43(45)57)41(38)35(55)21-34(54)39-31-6-4-16-51(31)44(26-19-24(46)9-11-28(26)48-42(44)56)40(39)23-8-14-33(53)37(18-23)59-2/h7-14,17-21,30-31,38-41,52-54H,3-6,15-16H2,1-2H3,(H,48,56)(H,49,57)/b34-21-/t30-,31+,38-,39+,40+,41+,44-,45+/m1/s1. The van der Waals surface area contributed by atoms with E-state index in [9.17, 15) is 24.9 Å². The first-order chi connectivity index (χ1) is 28.4. The fraction of sp³-hybridized carbons (Fsp3) is 0.356. The number of fused-ring (bicyclic) bond motifs is 8. The lowest BCUT2D eigenvalue weighted by atomic mass is 9.68. The molecule has 2 amide bonds. The lowest BCUT2D eigenvalue weighted by molar-refractivity contribution is -0.134. The minimum Gasteiger partial charge on any atom is -0.512 e. The van der Waals surface area contributed by atoms with Gasteiger partial charge < -0.3 is 35.4 Å². The van der Waals surface area contributed by atoms with Gasteiger partial charge in [0.2, 0.25) is 11.8 Å². The van der Waals surface area contributed by atoms with Gasteiger partial charge >= 0.3 is 0 Å². The van der Waals surface area contributed by atoms with Crippen molar-refractivity contribution in [2.75, 3.05) is 37.9 Å². The van der Waals surface area contributed by atoms with Crippen molar-refractivity contribution in [1.82, 2.24) is 9.80 Å². The van der Waals surface area contributed by atoms with Crippen molar-refractivity contribution < 1.29 is 39.2 Å². The molecule has 4 fully saturated rings. The van der Waals surface area contributed by atoms with Gasteiger partial charge in [-0.25, -0.2) is 0 Å². The average Bonchev–Trinajstić information content (AvgIpc) is 4.06. The van der Waals surface area contributed by atoms with Gasteiger partial charge in [-0.15, -0.1) is 0 Å². The molecular formula is C45H42I2N4O8. The first-order valence-electron chi connectivity index (χ1n) is 19.9. The van der Waals surface area contributed by atoms with Crippen molar-refractivity contribution in [1.29, 1.82) is 0 Å². The summed E-state index contributed by atoms with van der Waals surface area (Å²) in [6.07, 6.45) is 4.36. The molecule has 0 aliphatic carbocycles. The topological polar surface area (TPSA) is 161 Å². The van der Waals surface area contributed by atoms with Crippen LogP contribution in [0.4, 0.5) is 11.4 Å². The Labute approximate surface area is 368 Å². The zero-order chi connectivity index (χ0) is 41.1. The number of carbonyl (C=O) groups is 3. The number of allylic oxidation sites excluding steroid dienone is 1. The quantitative estimate of drug-likeness (QED) is 0.0736. The summed E-state index contributed by atoms with van der Waals surface area (Å²) in [5.41, 5.74) is 1.64. The number of methoxy groups -OCH3 is 2. The first-order valence-corrected chi connectivity index (χ1v) is 22.1. The first kappa shape index (κ1) is 38.8. The average molecular weight is 1020 g/mol. The van der Waals surface area contributed by atoms with E-state index in [4.69, 9.17) is 9.47 Å². The zero-order valence-corrected chi connectivity index (χ0v) is 36.6. The van der Waals surface area contributed by atoms with E-state index in [1.54, 1.807) is 36.4 Å². The number of phenols is 2. The highest BCUT2D eigenvalue weighted by Gasteiger charge is 2.71. The van der Waals surface area contributed by atoms with E-state index in [0.29, 0.717) is 36.4 Å². The van der Waals surface area contributed by atoms with Crippen molar-refractivity contribution >= 4 is 74.2 Å². The van der Waals surface area contributed by atoms with E-state index < -0.39 is 40.5 Å². The van der Waals surface area contributed by atoms with Crippen molar-refractivity contribution in [3.8, 4) is 23.0 Å². The molecular weight excluding hydrogens is 978 g/mol. The van der Waals surface area contributed by atoms with Gasteiger partial charge in [-0.1, -0.05) is 12.1 Å².